The summed E-state index contributed by atoms with van der Waals surface area (Å²) >= 11 is 0. The minimum absolute atomic E-state index is 0. The first-order chi connectivity index (χ1) is 9.62. The number of carboxylic acids is 2. The molecule has 10 heteroatoms. The Kier molecular flexibility index (Phi) is 18.4. The molecule has 0 aromatic rings. The maximum atomic E-state index is 10.1. The molecule has 0 saturated carbocycles. The molecule has 0 saturated heterocycles. The summed E-state index contributed by atoms with van der Waals surface area (Å²) in [7, 11) is 11.4. The summed E-state index contributed by atoms with van der Waals surface area (Å²) in [6.07, 6.45) is -1.83. The van der Waals surface area contributed by atoms with Gasteiger partial charge in [0.1, 0.15) is 25.3 Å². The Morgan fingerprint density at radius 2 is 0.958 bits per heavy atom. The van der Waals surface area contributed by atoms with E-state index in [2.05, 4.69) is 0 Å². The number of quaternary nitrogens is 2. The Bertz CT molecular complexity index is 324. The van der Waals surface area contributed by atoms with Gasteiger partial charge in [0, 0.05) is 0 Å². The van der Waals surface area contributed by atoms with Gasteiger partial charge in [-0.1, -0.05) is 0 Å². The summed E-state index contributed by atoms with van der Waals surface area (Å²) in [6, 6.07) is 0. The third-order valence-corrected chi connectivity index (χ3v) is 2.34. The highest BCUT2D eigenvalue weighted by Crippen LogP contribution is 1.99. The zero-order valence-electron chi connectivity index (χ0n) is 15.2. The van der Waals surface area contributed by atoms with Crippen molar-refractivity contribution in [3.05, 3.63) is 0 Å². The first-order valence-corrected chi connectivity index (χ1v) is 7.03. The number of nitrogens with zero attached hydrogens (tertiary/aromatic N) is 2. The number of carbonyl (C=O) groups is 2. The van der Waals surface area contributed by atoms with Crippen molar-refractivity contribution in [2.45, 2.75) is 25.0 Å². The quantitative estimate of drug-likeness (QED) is 0.200. The third-order valence-electron chi connectivity index (χ3n) is 2.34. The summed E-state index contributed by atoms with van der Waals surface area (Å²) in [4.78, 5) is 20.3. The molecule has 0 aromatic heterocycles. The second kappa shape index (κ2) is 14.0. The summed E-state index contributed by atoms with van der Waals surface area (Å²) in [5.41, 5.74) is 0. The highest BCUT2D eigenvalue weighted by molar-refractivity contribution is 5.67. The average Bonchev–Trinajstić information content (AvgIpc) is 2.07. The highest BCUT2D eigenvalue weighted by Gasteiger charge is 2.18. The van der Waals surface area contributed by atoms with Crippen LogP contribution in [0, 0.1) is 0 Å². The Balaban J connectivity index is -0.000000154. The van der Waals surface area contributed by atoms with E-state index < -0.39 is 24.1 Å². The molecule has 2 unspecified atom stereocenters. The predicted molar refractivity (Wildman–Crippen MR) is 82.3 cm³/mol. The molecule has 0 heterocycles. The molecule has 2 atom stereocenters. The van der Waals surface area contributed by atoms with Gasteiger partial charge in [-0.2, -0.15) is 0 Å². The first kappa shape index (κ1) is 31.6. The van der Waals surface area contributed by atoms with Crippen molar-refractivity contribution in [1.29, 1.82) is 0 Å². The van der Waals surface area contributed by atoms with Crippen molar-refractivity contribution in [2.75, 3.05) is 55.4 Å². The summed E-state index contributed by atoms with van der Waals surface area (Å²) < 4.78 is 1.16. The molecule has 0 aliphatic heterocycles. The minimum Gasteiger partial charge on any atom is -1.00 e. The smallest absolute Gasteiger partial charge is 0.306 e. The molecule has 8 nitrogen and oxygen atoms in total. The molecule has 0 radical (unpaired) electrons. The molecule has 148 valence electrons. The van der Waals surface area contributed by atoms with E-state index in [4.69, 9.17) is 20.4 Å². The van der Waals surface area contributed by atoms with Crippen LogP contribution in [0.25, 0.3) is 0 Å². The van der Waals surface area contributed by atoms with E-state index in [1.807, 2.05) is 42.3 Å². The maximum absolute atomic E-state index is 10.1. The summed E-state index contributed by atoms with van der Waals surface area (Å²) in [6.45, 7) is 0.929. The van der Waals surface area contributed by atoms with Crippen LogP contribution < -0.4 is 36.4 Å². The predicted octanol–water partition coefficient (Wildman–Crippen LogP) is -6.94. The molecule has 0 aliphatic rings. The molecule has 0 spiro atoms. The fraction of sp³-hybridized carbons (Fsp3) is 0.857. The lowest BCUT2D eigenvalue weighted by atomic mass is 10.2. The van der Waals surface area contributed by atoms with Crippen LogP contribution in [-0.2, 0) is 9.59 Å². The molecular weight excluding hydrogens is 455 g/mol. The van der Waals surface area contributed by atoms with E-state index in [1.165, 1.54) is 0 Å². The molecule has 0 aliphatic carbocycles. The van der Waals surface area contributed by atoms with E-state index in [9.17, 15) is 9.59 Å². The van der Waals surface area contributed by atoms with Gasteiger partial charge in [0.05, 0.1) is 55.1 Å². The fourth-order valence-corrected chi connectivity index (χ4v) is 1.80. The second-order valence-electron chi connectivity index (χ2n) is 7.45. The molecule has 4 N–H and O–H groups in total. The van der Waals surface area contributed by atoms with E-state index in [0.717, 1.165) is 0 Å². The Morgan fingerprint density at radius 1 is 0.750 bits per heavy atom. The SMILES string of the molecule is C[N+](C)(C)CC(O)CC(=O)O.C[N+](C)(C)CC(O)CC(=O)O.[Cl-].[I-]. The molecule has 0 amide bonds. The number of aliphatic hydroxyl groups is 2. The van der Waals surface area contributed by atoms with Gasteiger partial charge in [0.15, 0.2) is 0 Å². The third kappa shape index (κ3) is 29.8. The van der Waals surface area contributed by atoms with Gasteiger partial charge in [-0.05, 0) is 0 Å². The van der Waals surface area contributed by atoms with Gasteiger partial charge in [-0.3, -0.25) is 9.59 Å². The van der Waals surface area contributed by atoms with Crippen LogP contribution in [0.2, 0.25) is 0 Å². The average molecular weight is 487 g/mol. The van der Waals surface area contributed by atoms with Crippen LogP contribution in [-0.4, -0.2) is 109 Å². The van der Waals surface area contributed by atoms with Crippen molar-refractivity contribution in [1.82, 2.24) is 0 Å². The molecule has 24 heavy (non-hydrogen) atoms. The van der Waals surface area contributed by atoms with Crippen molar-refractivity contribution in [3.8, 4) is 0 Å². The number of aliphatic hydroxyl groups excluding tert-OH is 2. The monoisotopic (exact) mass is 486 g/mol. The fourth-order valence-electron chi connectivity index (χ4n) is 1.80. The molecule has 0 bridgehead atoms. The van der Waals surface area contributed by atoms with Crippen molar-refractivity contribution in [3.63, 3.8) is 0 Å². The number of carboxylic acid groups (broad SMARTS) is 2. The van der Waals surface area contributed by atoms with Crippen LogP contribution in [0.15, 0.2) is 0 Å². The number of likely N-dealkylation sites (N-methyl/N-ethyl adjacent to an activating group) is 2. The summed E-state index contributed by atoms with van der Waals surface area (Å²) in [5, 5.41) is 34.9. The molecule has 0 fully saturated rings. The van der Waals surface area contributed by atoms with Crippen LogP contribution in [0.4, 0.5) is 0 Å². The van der Waals surface area contributed by atoms with Gasteiger partial charge in [0.25, 0.3) is 0 Å². The zero-order chi connectivity index (χ0) is 18.1. The van der Waals surface area contributed by atoms with E-state index in [-0.39, 0.29) is 49.2 Å². The standard InChI is InChI=1S/2C7H15NO3.ClH.HI/c2*1-8(2,3)5-6(9)4-7(10)11;;/h2*6,9H,4-5H2,1-3H3;2*1H. The van der Waals surface area contributed by atoms with Crippen LogP contribution in [0.3, 0.4) is 0 Å². The van der Waals surface area contributed by atoms with Crippen LogP contribution in [0.5, 0.6) is 0 Å². The lowest BCUT2D eigenvalue weighted by Gasteiger charge is -2.25. The van der Waals surface area contributed by atoms with Crippen molar-refractivity contribution >= 4 is 11.9 Å². The van der Waals surface area contributed by atoms with Gasteiger partial charge in [-0.25, -0.2) is 0 Å². The number of rotatable bonds is 8. The van der Waals surface area contributed by atoms with Gasteiger partial charge >= 0.3 is 11.9 Å². The Morgan fingerprint density at radius 3 is 1.08 bits per heavy atom. The number of hydrogen-bond donors (Lipinski definition) is 4. The van der Waals surface area contributed by atoms with Gasteiger partial charge in [-0.15, -0.1) is 0 Å². The first-order valence-electron chi connectivity index (χ1n) is 7.03. The Hall–Kier alpha value is -0.200. The number of hydrogen-bond acceptors (Lipinski definition) is 4. The van der Waals surface area contributed by atoms with Crippen molar-refractivity contribution in [2.24, 2.45) is 0 Å². The summed E-state index contributed by atoms with van der Waals surface area (Å²) in [5.74, 6) is -1.91. The highest BCUT2D eigenvalue weighted by atomic mass is 127. The lowest BCUT2D eigenvalue weighted by Crippen LogP contribution is -3.00. The van der Waals surface area contributed by atoms with Crippen LogP contribution >= 0.6 is 0 Å². The van der Waals surface area contributed by atoms with Crippen molar-refractivity contribution < 1.29 is 75.4 Å². The molecule has 0 aromatic carbocycles. The normalized spacial score (nSPS) is 13.3. The maximum Gasteiger partial charge on any atom is 0.306 e. The Labute approximate surface area is 167 Å². The van der Waals surface area contributed by atoms with Crippen LogP contribution in [0.1, 0.15) is 12.8 Å². The lowest BCUT2D eigenvalue weighted by molar-refractivity contribution is -0.873. The molecular formula is C14H32ClIN2O6. The van der Waals surface area contributed by atoms with Gasteiger partial charge in [0.2, 0.25) is 0 Å². The van der Waals surface area contributed by atoms with Gasteiger partial charge < -0.3 is 65.8 Å². The molecule has 0 rings (SSSR count). The van der Waals surface area contributed by atoms with E-state index in [1.54, 1.807) is 0 Å². The van der Waals surface area contributed by atoms with E-state index in [0.29, 0.717) is 22.1 Å². The number of aliphatic carboxylic acids is 2. The minimum atomic E-state index is -0.953. The largest absolute Gasteiger partial charge is 1.00 e. The second-order valence-corrected chi connectivity index (χ2v) is 7.45. The zero-order valence-corrected chi connectivity index (χ0v) is 18.2. The number of halogens is 2. The van der Waals surface area contributed by atoms with E-state index >= 15 is 0 Å². The topological polar surface area (TPSA) is 115 Å².